The summed E-state index contributed by atoms with van der Waals surface area (Å²) in [6, 6.07) is 1.80. The van der Waals surface area contributed by atoms with Gasteiger partial charge in [0.1, 0.15) is 5.82 Å². The fraction of sp³-hybridized carbons (Fsp3) is 0.333. The summed E-state index contributed by atoms with van der Waals surface area (Å²) in [7, 11) is 1.94. The maximum Gasteiger partial charge on any atom is 0.142 e. The third-order valence-electron chi connectivity index (χ3n) is 1.39. The molecule has 0 amide bonds. The van der Waals surface area contributed by atoms with E-state index in [2.05, 4.69) is 15.9 Å². The average molecular weight is 161 g/mol. The van der Waals surface area contributed by atoms with Crippen molar-refractivity contribution in [3.8, 4) is 12.3 Å². The molecule has 0 aliphatic heterocycles. The molecule has 0 aromatic carbocycles. The summed E-state index contributed by atoms with van der Waals surface area (Å²) in [5, 5.41) is 0. The lowest BCUT2D eigenvalue weighted by molar-refractivity contribution is 0.358. The molecule has 12 heavy (non-hydrogen) atoms. The van der Waals surface area contributed by atoms with Gasteiger partial charge in [-0.15, -0.1) is 6.42 Å². The highest BCUT2D eigenvalue weighted by Crippen LogP contribution is 1.92. The van der Waals surface area contributed by atoms with Crippen molar-refractivity contribution in [1.29, 1.82) is 0 Å². The second-order valence-corrected chi connectivity index (χ2v) is 2.54. The molecule has 62 valence electrons. The van der Waals surface area contributed by atoms with Crippen LogP contribution >= 0.6 is 0 Å². The number of hydrogen-bond acceptors (Lipinski definition) is 3. The largest absolute Gasteiger partial charge is 0.288 e. The second-order valence-electron chi connectivity index (χ2n) is 2.54. The van der Waals surface area contributed by atoms with E-state index in [0.29, 0.717) is 13.1 Å². The molecule has 0 radical (unpaired) electrons. The van der Waals surface area contributed by atoms with Crippen LogP contribution in [0.4, 0.5) is 0 Å². The molecule has 0 saturated heterocycles. The third-order valence-corrected chi connectivity index (χ3v) is 1.39. The number of rotatable bonds is 3. The fourth-order valence-electron chi connectivity index (χ4n) is 0.865. The van der Waals surface area contributed by atoms with Crippen LogP contribution in [0.2, 0.25) is 0 Å². The maximum absolute atomic E-state index is 5.15. The number of terminal acetylenes is 1. The smallest absolute Gasteiger partial charge is 0.142 e. The summed E-state index contributed by atoms with van der Waals surface area (Å²) in [6.45, 7) is 1.32. The van der Waals surface area contributed by atoms with Gasteiger partial charge >= 0.3 is 0 Å². The molecule has 1 aromatic heterocycles. The van der Waals surface area contributed by atoms with Gasteiger partial charge in [-0.25, -0.2) is 9.97 Å². The Morgan fingerprint density at radius 2 is 2.17 bits per heavy atom. The van der Waals surface area contributed by atoms with E-state index >= 15 is 0 Å². The van der Waals surface area contributed by atoms with Crippen molar-refractivity contribution >= 4 is 0 Å². The van der Waals surface area contributed by atoms with Crippen LogP contribution in [0.1, 0.15) is 5.82 Å². The van der Waals surface area contributed by atoms with Crippen molar-refractivity contribution in [3.05, 3.63) is 24.3 Å². The molecule has 0 fully saturated rings. The lowest BCUT2D eigenvalue weighted by Gasteiger charge is -2.10. The van der Waals surface area contributed by atoms with Crippen LogP contribution in [0, 0.1) is 12.3 Å². The van der Waals surface area contributed by atoms with Crippen LogP contribution in [0.15, 0.2) is 18.5 Å². The van der Waals surface area contributed by atoms with Crippen molar-refractivity contribution in [3.63, 3.8) is 0 Å². The molecule has 0 atom stereocenters. The van der Waals surface area contributed by atoms with Gasteiger partial charge in [0.2, 0.25) is 0 Å². The molecule has 3 heteroatoms. The predicted octanol–water partition coefficient (Wildman–Crippen LogP) is 0.542. The molecule has 0 saturated carbocycles. The van der Waals surface area contributed by atoms with Crippen molar-refractivity contribution in [2.24, 2.45) is 0 Å². The molecule has 1 rings (SSSR count). The van der Waals surface area contributed by atoms with E-state index in [0.717, 1.165) is 5.82 Å². The molecule has 0 unspecified atom stereocenters. The molecule has 0 spiro atoms. The SMILES string of the molecule is C#CCN(C)Cc1ncccn1. The molecule has 3 nitrogen and oxygen atoms in total. The lowest BCUT2D eigenvalue weighted by Crippen LogP contribution is -2.19. The first-order valence-electron chi connectivity index (χ1n) is 3.71. The molecule has 1 aromatic rings. The van der Waals surface area contributed by atoms with Crippen LogP contribution in [-0.2, 0) is 6.54 Å². The van der Waals surface area contributed by atoms with E-state index in [1.165, 1.54) is 0 Å². The normalized spacial score (nSPS) is 9.75. The Bertz CT molecular complexity index is 263. The summed E-state index contributed by atoms with van der Waals surface area (Å²) in [5.41, 5.74) is 0. The van der Waals surface area contributed by atoms with Crippen LogP contribution in [0.25, 0.3) is 0 Å². The summed E-state index contributed by atoms with van der Waals surface area (Å²) < 4.78 is 0. The van der Waals surface area contributed by atoms with E-state index < -0.39 is 0 Å². The zero-order valence-corrected chi connectivity index (χ0v) is 7.07. The fourth-order valence-corrected chi connectivity index (χ4v) is 0.865. The van der Waals surface area contributed by atoms with Gasteiger partial charge in [-0.3, -0.25) is 4.90 Å². The van der Waals surface area contributed by atoms with Gasteiger partial charge < -0.3 is 0 Å². The Kier molecular flexibility index (Phi) is 3.24. The topological polar surface area (TPSA) is 29.0 Å². The summed E-state index contributed by atoms with van der Waals surface area (Å²) >= 11 is 0. The minimum absolute atomic E-state index is 0.623. The predicted molar refractivity (Wildman–Crippen MR) is 47.2 cm³/mol. The highest BCUT2D eigenvalue weighted by molar-refractivity contribution is 4.91. The van der Waals surface area contributed by atoms with Crippen LogP contribution < -0.4 is 0 Å². The highest BCUT2D eigenvalue weighted by Gasteiger charge is 1.98. The number of nitrogens with zero attached hydrogens (tertiary/aromatic N) is 3. The summed E-state index contributed by atoms with van der Waals surface area (Å²) in [5.74, 6) is 3.36. The van der Waals surface area contributed by atoms with Gasteiger partial charge in [-0.05, 0) is 13.1 Å². The van der Waals surface area contributed by atoms with E-state index in [4.69, 9.17) is 6.42 Å². The number of hydrogen-bond donors (Lipinski definition) is 0. The Hall–Kier alpha value is -1.40. The molecule has 0 aliphatic carbocycles. The zero-order chi connectivity index (χ0) is 8.81. The van der Waals surface area contributed by atoms with Crippen molar-refractivity contribution in [2.75, 3.05) is 13.6 Å². The van der Waals surface area contributed by atoms with Gasteiger partial charge in [0.05, 0.1) is 13.1 Å². The highest BCUT2D eigenvalue weighted by atomic mass is 15.1. The van der Waals surface area contributed by atoms with Crippen LogP contribution in [0.3, 0.4) is 0 Å². The minimum Gasteiger partial charge on any atom is -0.288 e. The number of aromatic nitrogens is 2. The van der Waals surface area contributed by atoms with Crippen molar-refractivity contribution in [2.45, 2.75) is 6.54 Å². The van der Waals surface area contributed by atoms with Crippen LogP contribution in [-0.4, -0.2) is 28.5 Å². The first kappa shape index (κ1) is 8.69. The second kappa shape index (κ2) is 4.47. The Labute approximate surface area is 72.5 Å². The molecular weight excluding hydrogens is 150 g/mol. The summed E-state index contributed by atoms with van der Waals surface area (Å²) in [4.78, 5) is 10.1. The quantitative estimate of drug-likeness (QED) is 0.606. The van der Waals surface area contributed by atoms with Gasteiger partial charge in [-0.2, -0.15) is 0 Å². The van der Waals surface area contributed by atoms with Gasteiger partial charge in [0.15, 0.2) is 0 Å². The van der Waals surface area contributed by atoms with E-state index in [1.54, 1.807) is 18.5 Å². The van der Waals surface area contributed by atoms with Gasteiger partial charge in [0.25, 0.3) is 0 Å². The van der Waals surface area contributed by atoms with Crippen molar-refractivity contribution in [1.82, 2.24) is 14.9 Å². The molecule has 0 bridgehead atoms. The molecule has 0 N–H and O–H groups in total. The minimum atomic E-state index is 0.623. The standard InChI is InChI=1S/C9H11N3/c1-3-7-12(2)8-9-10-5-4-6-11-9/h1,4-6H,7-8H2,2H3. The van der Waals surface area contributed by atoms with E-state index in [1.807, 2.05) is 11.9 Å². The molecular formula is C9H11N3. The Morgan fingerprint density at radius 1 is 1.50 bits per heavy atom. The molecule has 0 aliphatic rings. The Balaban J connectivity index is 2.48. The van der Waals surface area contributed by atoms with Crippen molar-refractivity contribution < 1.29 is 0 Å². The van der Waals surface area contributed by atoms with E-state index in [-0.39, 0.29) is 0 Å². The Morgan fingerprint density at radius 3 is 2.75 bits per heavy atom. The monoisotopic (exact) mass is 161 g/mol. The first-order chi connectivity index (χ1) is 5.83. The average Bonchev–Trinajstić information content (AvgIpc) is 2.06. The third kappa shape index (κ3) is 2.69. The van der Waals surface area contributed by atoms with Gasteiger partial charge in [0, 0.05) is 12.4 Å². The summed E-state index contributed by atoms with van der Waals surface area (Å²) in [6.07, 6.45) is 8.61. The lowest BCUT2D eigenvalue weighted by atomic mass is 10.5. The van der Waals surface area contributed by atoms with E-state index in [9.17, 15) is 0 Å². The van der Waals surface area contributed by atoms with Gasteiger partial charge in [-0.1, -0.05) is 5.92 Å². The van der Waals surface area contributed by atoms with Crippen LogP contribution in [0.5, 0.6) is 0 Å². The molecule has 1 heterocycles. The zero-order valence-electron chi connectivity index (χ0n) is 7.07. The first-order valence-corrected chi connectivity index (χ1v) is 3.71. The maximum atomic E-state index is 5.15.